The molecule has 1 amide bonds. The second-order valence-electron chi connectivity index (χ2n) is 5.70. The molecule has 3 rings (SSSR count). The number of fused-ring (bicyclic) bond motifs is 1. The van der Waals surface area contributed by atoms with Crippen LogP contribution < -0.4 is 5.32 Å². The fourth-order valence-corrected chi connectivity index (χ4v) is 2.76. The van der Waals surface area contributed by atoms with Crippen molar-refractivity contribution in [1.82, 2.24) is 5.32 Å². The number of nitrogens with one attached hydrogen (secondary N) is 1. The first kappa shape index (κ1) is 17.1. The summed E-state index contributed by atoms with van der Waals surface area (Å²) >= 11 is 0. The third-order valence-electron chi connectivity index (χ3n) is 3.97. The molecule has 1 N–H and O–H groups in total. The van der Waals surface area contributed by atoms with Gasteiger partial charge in [-0.2, -0.15) is 0 Å². The third-order valence-corrected chi connectivity index (χ3v) is 3.97. The fourth-order valence-electron chi connectivity index (χ4n) is 2.76. The van der Waals surface area contributed by atoms with Crippen LogP contribution in [0, 0.1) is 11.6 Å². The predicted molar refractivity (Wildman–Crippen MR) is 89.2 cm³/mol. The highest BCUT2D eigenvalue weighted by Crippen LogP contribution is 2.27. The van der Waals surface area contributed by atoms with Gasteiger partial charge in [-0.1, -0.05) is 24.3 Å². The minimum absolute atomic E-state index is 0.123. The summed E-state index contributed by atoms with van der Waals surface area (Å²) in [5, 5.41) is 3.47. The highest BCUT2D eigenvalue weighted by molar-refractivity contribution is 5.99. The number of amides is 1. The zero-order valence-corrected chi connectivity index (χ0v) is 13.8. The second kappa shape index (κ2) is 7.03. The molecule has 25 heavy (non-hydrogen) atoms. The molecule has 0 fully saturated rings. The van der Waals surface area contributed by atoms with Gasteiger partial charge in [0.1, 0.15) is 17.2 Å². The first-order valence-corrected chi connectivity index (χ1v) is 7.76. The van der Waals surface area contributed by atoms with Crippen molar-refractivity contribution < 1.29 is 22.7 Å². The molecule has 0 aliphatic carbocycles. The van der Waals surface area contributed by atoms with E-state index in [9.17, 15) is 13.6 Å². The van der Waals surface area contributed by atoms with Gasteiger partial charge in [0.05, 0.1) is 12.6 Å². The minimum Gasteiger partial charge on any atom is -0.451 e. The highest BCUT2D eigenvalue weighted by atomic mass is 19.1. The van der Waals surface area contributed by atoms with Crippen molar-refractivity contribution in [2.75, 3.05) is 7.11 Å². The summed E-state index contributed by atoms with van der Waals surface area (Å²) in [5.41, 5.74) is 1.39. The van der Waals surface area contributed by atoms with Gasteiger partial charge in [-0.05, 0) is 19.1 Å². The van der Waals surface area contributed by atoms with Crippen LogP contribution in [0.2, 0.25) is 0 Å². The first-order valence-electron chi connectivity index (χ1n) is 7.76. The lowest BCUT2D eigenvalue weighted by Gasteiger charge is -2.14. The molecule has 0 spiro atoms. The van der Waals surface area contributed by atoms with Gasteiger partial charge in [0.15, 0.2) is 5.76 Å². The Hall–Kier alpha value is -2.73. The van der Waals surface area contributed by atoms with Crippen LogP contribution in [0.15, 0.2) is 46.9 Å². The molecule has 0 saturated heterocycles. The molecular formula is C19H17F2NO3. The maximum atomic E-state index is 13.9. The Morgan fingerprint density at radius 1 is 1.24 bits per heavy atom. The Balaban J connectivity index is 1.90. The fraction of sp³-hybridized carbons (Fsp3) is 0.211. The van der Waals surface area contributed by atoms with Crippen molar-refractivity contribution in [3.63, 3.8) is 0 Å². The van der Waals surface area contributed by atoms with Gasteiger partial charge in [-0.3, -0.25) is 4.79 Å². The van der Waals surface area contributed by atoms with Crippen LogP contribution in [0.1, 0.15) is 34.6 Å². The van der Waals surface area contributed by atoms with Gasteiger partial charge >= 0.3 is 0 Å². The molecule has 2 aromatic carbocycles. The Bertz CT molecular complexity index is 920. The van der Waals surface area contributed by atoms with Crippen LogP contribution in [0.25, 0.3) is 11.0 Å². The summed E-state index contributed by atoms with van der Waals surface area (Å²) in [6.07, 6.45) is 0. The van der Waals surface area contributed by atoms with Crippen LogP contribution >= 0.6 is 0 Å². The van der Waals surface area contributed by atoms with Gasteiger partial charge < -0.3 is 14.5 Å². The lowest BCUT2D eigenvalue weighted by Crippen LogP contribution is -2.27. The van der Waals surface area contributed by atoms with Gasteiger partial charge in [-0.25, -0.2) is 8.78 Å². The number of ether oxygens (including phenoxy) is 1. The van der Waals surface area contributed by atoms with Crippen molar-refractivity contribution in [1.29, 1.82) is 0 Å². The van der Waals surface area contributed by atoms with E-state index in [4.69, 9.17) is 9.15 Å². The number of methoxy groups -OCH3 is 1. The maximum absolute atomic E-state index is 13.9. The summed E-state index contributed by atoms with van der Waals surface area (Å²) in [7, 11) is 1.53. The molecule has 4 nitrogen and oxygen atoms in total. The number of para-hydroxylation sites is 1. The molecule has 130 valence electrons. The SMILES string of the molecule is COCc1c(C(=O)NC(C)c2ccc(F)cc2F)oc2ccccc12. The molecule has 6 heteroatoms. The van der Waals surface area contributed by atoms with Crippen LogP contribution in [0.4, 0.5) is 8.78 Å². The number of hydrogen-bond donors (Lipinski definition) is 1. The molecule has 0 aliphatic heterocycles. The summed E-state index contributed by atoms with van der Waals surface area (Å²) in [4.78, 5) is 12.6. The molecule has 1 unspecified atom stereocenters. The second-order valence-corrected chi connectivity index (χ2v) is 5.70. The van der Waals surface area contributed by atoms with E-state index in [1.807, 2.05) is 12.1 Å². The number of hydrogen-bond acceptors (Lipinski definition) is 3. The van der Waals surface area contributed by atoms with E-state index in [2.05, 4.69) is 5.32 Å². The normalized spacial score (nSPS) is 12.3. The summed E-state index contributed by atoms with van der Waals surface area (Å²) in [6, 6.07) is 9.84. The molecule has 0 radical (unpaired) electrons. The van der Waals surface area contributed by atoms with Crippen molar-refractivity contribution in [2.24, 2.45) is 0 Å². The zero-order valence-electron chi connectivity index (χ0n) is 13.8. The standard InChI is InChI=1S/C19H17F2NO3/c1-11(13-8-7-12(20)9-16(13)21)22-19(23)18-15(10-24-2)14-5-3-4-6-17(14)25-18/h3-9,11H,10H2,1-2H3,(H,22,23). The van der Waals surface area contributed by atoms with Crippen molar-refractivity contribution >= 4 is 16.9 Å². The zero-order chi connectivity index (χ0) is 18.0. The Morgan fingerprint density at radius 2 is 2.00 bits per heavy atom. The molecule has 0 aliphatic rings. The van der Waals surface area contributed by atoms with E-state index in [0.717, 1.165) is 17.5 Å². The number of benzene rings is 2. The van der Waals surface area contributed by atoms with E-state index in [-0.39, 0.29) is 17.9 Å². The Morgan fingerprint density at radius 3 is 2.72 bits per heavy atom. The van der Waals surface area contributed by atoms with E-state index >= 15 is 0 Å². The first-order chi connectivity index (χ1) is 12.0. The van der Waals surface area contributed by atoms with Crippen LogP contribution in [-0.2, 0) is 11.3 Å². The molecule has 0 bridgehead atoms. The molecule has 0 saturated carbocycles. The number of halogens is 2. The number of carbonyl (C=O) groups excluding carboxylic acids is 1. The predicted octanol–water partition coefficient (Wildman–Crippen LogP) is 4.35. The lowest BCUT2D eigenvalue weighted by atomic mass is 10.1. The molecule has 1 atom stereocenters. The molecule has 3 aromatic rings. The monoisotopic (exact) mass is 345 g/mol. The van der Waals surface area contributed by atoms with Gasteiger partial charge in [0.2, 0.25) is 0 Å². The van der Waals surface area contributed by atoms with Crippen molar-refractivity contribution in [3.8, 4) is 0 Å². The molecular weight excluding hydrogens is 328 g/mol. The van der Waals surface area contributed by atoms with E-state index in [0.29, 0.717) is 11.1 Å². The van der Waals surface area contributed by atoms with E-state index in [1.165, 1.54) is 13.2 Å². The van der Waals surface area contributed by atoms with Gasteiger partial charge in [0, 0.05) is 29.7 Å². The highest BCUT2D eigenvalue weighted by Gasteiger charge is 2.23. The van der Waals surface area contributed by atoms with Crippen LogP contribution in [0.3, 0.4) is 0 Å². The topological polar surface area (TPSA) is 51.5 Å². The molecule has 1 heterocycles. The number of carbonyl (C=O) groups is 1. The van der Waals surface area contributed by atoms with Crippen LogP contribution in [-0.4, -0.2) is 13.0 Å². The summed E-state index contributed by atoms with van der Waals surface area (Å²) < 4.78 is 37.7. The lowest BCUT2D eigenvalue weighted by molar-refractivity contribution is 0.0907. The average Bonchev–Trinajstić information content (AvgIpc) is 2.94. The van der Waals surface area contributed by atoms with Crippen molar-refractivity contribution in [3.05, 3.63) is 71.0 Å². The Labute approximate surface area is 143 Å². The van der Waals surface area contributed by atoms with Crippen molar-refractivity contribution in [2.45, 2.75) is 19.6 Å². The summed E-state index contributed by atoms with van der Waals surface area (Å²) in [5.74, 6) is -1.74. The smallest absolute Gasteiger partial charge is 0.287 e. The van der Waals surface area contributed by atoms with E-state index in [1.54, 1.807) is 19.1 Å². The van der Waals surface area contributed by atoms with E-state index < -0.39 is 23.6 Å². The van der Waals surface area contributed by atoms with Gasteiger partial charge in [0.25, 0.3) is 5.91 Å². The third kappa shape index (κ3) is 3.39. The largest absolute Gasteiger partial charge is 0.451 e. The van der Waals surface area contributed by atoms with Gasteiger partial charge in [-0.15, -0.1) is 0 Å². The minimum atomic E-state index is -0.713. The number of furan rings is 1. The summed E-state index contributed by atoms with van der Waals surface area (Å²) in [6.45, 7) is 1.83. The Kier molecular flexibility index (Phi) is 4.81. The quantitative estimate of drug-likeness (QED) is 0.748. The maximum Gasteiger partial charge on any atom is 0.287 e. The van der Waals surface area contributed by atoms with Crippen LogP contribution in [0.5, 0.6) is 0 Å². The average molecular weight is 345 g/mol. The molecule has 1 aromatic heterocycles. The number of rotatable bonds is 5.